The van der Waals surface area contributed by atoms with E-state index in [9.17, 15) is 0 Å². The van der Waals surface area contributed by atoms with E-state index in [1.807, 2.05) is 67.9 Å². The minimum Gasteiger partial charge on any atom is -0.219 e. The third kappa shape index (κ3) is 2.28. The van der Waals surface area contributed by atoms with Crippen LogP contribution in [0.3, 0.4) is 0 Å². The lowest BCUT2D eigenvalue weighted by Crippen LogP contribution is -2.08. The molecular formula is C17H16N6. The van der Waals surface area contributed by atoms with Crippen LogP contribution in [0.5, 0.6) is 0 Å². The first-order valence-electron chi connectivity index (χ1n) is 7.45. The summed E-state index contributed by atoms with van der Waals surface area (Å²) in [6.07, 6.45) is 0. The second-order valence-electron chi connectivity index (χ2n) is 5.58. The fraction of sp³-hybridized carbons (Fsp3) is 0.176. The maximum absolute atomic E-state index is 4.64. The van der Waals surface area contributed by atoms with Crippen LogP contribution in [0.15, 0.2) is 42.5 Å². The highest BCUT2D eigenvalue weighted by Crippen LogP contribution is 2.22. The molecule has 6 heteroatoms. The van der Waals surface area contributed by atoms with Gasteiger partial charge in [0.1, 0.15) is 5.82 Å². The van der Waals surface area contributed by atoms with E-state index in [2.05, 4.69) is 20.2 Å². The average Bonchev–Trinajstić information content (AvgIpc) is 3.08. The lowest BCUT2D eigenvalue weighted by molar-refractivity contribution is 0.752. The van der Waals surface area contributed by atoms with Gasteiger partial charge in [0.2, 0.25) is 0 Å². The van der Waals surface area contributed by atoms with Crippen LogP contribution in [0.25, 0.3) is 22.9 Å². The first kappa shape index (κ1) is 13.6. The summed E-state index contributed by atoms with van der Waals surface area (Å²) in [6, 6.07) is 14.1. The van der Waals surface area contributed by atoms with E-state index in [0.717, 1.165) is 28.5 Å². The molecule has 114 valence electrons. The van der Waals surface area contributed by atoms with Crippen LogP contribution >= 0.6 is 0 Å². The van der Waals surface area contributed by atoms with Crippen molar-refractivity contribution in [1.82, 2.24) is 29.4 Å². The topological polar surface area (TPSA) is 60.9 Å². The number of fused-ring (bicyclic) bond motifs is 1. The molecule has 6 nitrogen and oxygen atoms in total. The normalized spacial score (nSPS) is 11.3. The fourth-order valence-electron chi connectivity index (χ4n) is 2.72. The minimum atomic E-state index is 0.575. The van der Waals surface area contributed by atoms with Crippen LogP contribution < -0.4 is 0 Å². The zero-order valence-corrected chi connectivity index (χ0v) is 13.2. The van der Waals surface area contributed by atoms with Gasteiger partial charge in [0.25, 0.3) is 5.78 Å². The van der Waals surface area contributed by atoms with Gasteiger partial charge in [0.05, 0.1) is 11.4 Å². The number of benzene rings is 1. The Hall–Kier alpha value is -3.02. The quantitative estimate of drug-likeness (QED) is 0.571. The molecule has 0 aliphatic heterocycles. The van der Waals surface area contributed by atoms with E-state index in [-0.39, 0.29) is 0 Å². The van der Waals surface area contributed by atoms with Crippen molar-refractivity contribution >= 4 is 5.78 Å². The molecule has 0 atom stereocenters. The summed E-state index contributed by atoms with van der Waals surface area (Å²) in [5.74, 6) is 2.09. The Morgan fingerprint density at radius 3 is 2.35 bits per heavy atom. The predicted octanol–water partition coefficient (Wildman–Crippen LogP) is 2.90. The Bertz CT molecular complexity index is 997. The van der Waals surface area contributed by atoms with Crippen molar-refractivity contribution in [3.8, 4) is 17.1 Å². The van der Waals surface area contributed by atoms with Crippen molar-refractivity contribution in [3.63, 3.8) is 0 Å². The number of hydrogen-bond acceptors (Lipinski definition) is 4. The first-order chi connectivity index (χ1) is 11.1. The third-order valence-electron chi connectivity index (χ3n) is 3.70. The molecule has 0 bridgehead atoms. The van der Waals surface area contributed by atoms with Crippen LogP contribution in [-0.2, 0) is 0 Å². The molecule has 0 unspecified atom stereocenters. The first-order valence-corrected chi connectivity index (χ1v) is 7.45. The van der Waals surface area contributed by atoms with Crippen molar-refractivity contribution in [2.75, 3.05) is 0 Å². The molecule has 0 saturated carbocycles. The van der Waals surface area contributed by atoms with Gasteiger partial charge in [-0.3, -0.25) is 0 Å². The Balaban J connectivity index is 2.03. The lowest BCUT2D eigenvalue weighted by Gasteiger charge is -2.09. The number of aryl methyl sites for hydroxylation is 3. The Morgan fingerprint density at radius 1 is 0.870 bits per heavy atom. The highest BCUT2D eigenvalue weighted by molar-refractivity contribution is 5.63. The van der Waals surface area contributed by atoms with Gasteiger partial charge in [-0.05, 0) is 26.8 Å². The number of rotatable bonds is 2. The molecule has 0 radical (unpaired) electrons. The van der Waals surface area contributed by atoms with Crippen molar-refractivity contribution < 1.29 is 0 Å². The van der Waals surface area contributed by atoms with Gasteiger partial charge < -0.3 is 0 Å². The van der Waals surface area contributed by atoms with Crippen LogP contribution in [0.2, 0.25) is 0 Å². The maximum Gasteiger partial charge on any atom is 0.254 e. The predicted molar refractivity (Wildman–Crippen MR) is 87.6 cm³/mol. The van der Waals surface area contributed by atoms with Crippen LogP contribution in [0.1, 0.15) is 17.2 Å². The van der Waals surface area contributed by atoms with E-state index in [1.165, 1.54) is 0 Å². The summed E-state index contributed by atoms with van der Waals surface area (Å²) in [4.78, 5) is 9.06. The van der Waals surface area contributed by atoms with Gasteiger partial charge in [-0.15, -0.1) is 5.10 Å². The molecule has 23 heavy (non-hydrogen) atoms. The highest BCUT2D eigenvalue weighted by atomic mass is 15.4. The molecule has 0 N–H and O–H groups in total. The minimum absolute atomic E-state index is 0.575. The molecule has 4 aromatic rings. The summed E-state index contributed by atoms with van der Waals surface area (Å²) in [5.41, 5.74) is 3.90. The summed E-state index contributed by atoms with van der Waals surface area (Å²) in [7, 11) is 0. The monoisotopic (exact) mass is 304 g/mol. The standard InChI is InChI=1S/C17H16N6/c1-11-9-12(2)22(20-11)16-10-15(14-7-5-4-6-8-14)19-17-18-13(3)21-23(16)17/h4-10H,1-3H3. The van der Waals surface area contributed by atoms with E-state index < -0.39 is 0 Å². The van der Waals surface area contributed by atoms with Gasteiger partial charge in [0.15, 0.2) is 5.82 Å². The van der Waals surface area contributed by atoms with Gasteiger partial charge >= 0.3 is 0 Å². The van der Waals surface area contributed by atoms with E-state index in [1.54, 1.807) is 4.52 Å². The summed E-state index contributed by atoms with van der Waals surface area (Å²) >= 11 is 0. The van der Waals surface area contributed by atoms with Crippen LogP contribution in [0, 0.1) is 20.8 Å². The van der Waals surface area contributed by atoms with Crippen molar-refractivity contribution in [2.45, 2.75) is 20.8 Å². The molecule has 0 saturated heterocycles. The Morgan fingerprint density at radius 2 is 1.65 bits per heavy atom. The van der Waals surface area contributed by atoms with Crippen molar-refractivity contribution in [2.24, 2.45) is 0 Å². The van der Waals surface area contributed by atoms with Gasteiger partial charge in [-0.25, -0.2) is 9.67 Å². The third-order valence-corrected chi connectivity index (χ3v) is 3.70. The Labute approximate surface area is 133 Å². The van der Waals surface area contributed by atoms with Crippen molar-refractivity contribution in [3.05, 3.63) is 59.7 Å². The molecule has 4 rings (SSSR count). The number of nitrogens with zero attached hydrogens (tertiary/aromatic N) is 6. The molecule has 0 spiro atoms. The number of aromatic nitrogens is 6. The molecule has 0 aliphatic carbocycles. The molecule has 3 heterocycles. The smallest absolute Gasteiger partial charge is 0.219 e. The zero-order valence-electron chi connectivity index (χ0n) is 13.2. The maximum atomic E-state index is 4.64. The number of hydrogen-bond donors (Lipinski definition) is 0. The van der Waals surface area contributed by atoms with E-state index in [4.69, 9.17) is 0 Å². The SMILES string of the molecule is Cc1cc(C)n(-c2cc(-c3ccccc3)nc3nc(C)nn23)n1. The molecule has 3 aromatic heterocycles. The average molecular weight is 304 g/mol. The molecule has 1 aromatic carbocycles. The zero-order chi connectivity index (χ0) is 16.0. The van der Waals surface area contributed by atoms with E-state index in [0.29, 0.717) is 11.6 Å². The highest BCUT2D eigenvalue weighted by Gasteiger charge is 2.14. The second-order valence-corrected chi connectivity index (χ2v) is 5.58. The second kappa shape index (κ2) is 5.01. The Kier molecular flexibility index (Phi) is 2.97. The van der Waals surface area contributed by atoms with E-state index >= 15 is 0 Å². The summed E-state index contributed by atoms with van der Waals surface area (Å²) < 4.78 is 3.62. The van der Waals surface area contributed by atoms with Crippen LogP contribution in [0.4, 0.5) is 0 Å². The largest absolute Gasteiger partial charge is 0.254 e. The summed E-state index contributed by atoms with van der Waals surface area (Å²) in [6.45, 7) is 5.87. The molecule has 0 aliphatic rings. The lowest BCUT2D eigenvalue weighted by atomic mass is 10.1. The fourth-order valence-corrected chi connectivity index (χ4v) is 2.72. The molecular weight excluding hydrogens is 288 g/mol. The summed E-state index contributed by atoms with van der Waals surface area (Å²) in [5, 5.41) is 9.03. The van der Waals surface area contributed by atoms with Gasteiger partial charge in [0, 0.05) is 17.3 Å². The van der Waals surface area contributed by atoms with Crippen molar-refractivity contribution in [1.29, 1.82) is 0 Å². The van der Waals surface area contributed by atoms with Gasteiger partial charge in [-0.1, -0.05) is 30.3 Å². The van der Waals surface area contributed by atoms with Gasteiger partial charge in [-0.2, -0.15) is 14.6 Å². The molecule has 0 fully saturated rings. The molecule has 0 amide bonds. The van der Waals surface area contributed by atoms with Crippen LogP contribution in [-0.4, -0.2) is 29.4 Å².